The van der Waals surface area contributed by atoms with Crippen molar-refractivity contribution >= 4 is 12.4 Å². The molecular formula is C13H19ClF2N2. The van der Waals surface area contributed by atoms with Crippen molar-refractivity contribution in [2.75, 3.05) is 19.6 Å². The second-order valence-corrected chi connectivity index (χ2v) is 4.67. The minimum Gasteiger partial charge on any atom is -0.330 e. The smallest absolute Gasteiger partial charge is 0.263 e. The van der Waals surface area contributed by atoms with Crippen LogP contribution in [0.5, 0.6) is 0 Å². The molecule has 2 N–H and O–H groups in total. The lowest BCUT2D eigenvalue weighted by atomic mass is 10.1. The summed E-state index contributed by atoms with van der Waals surface area (Å²) in [5, 5.41) is 0. The molecule has 1 unspecified atom stereocenters. The van der Waals surface area contributed by atoms with Crippen molar-refractivity contribution in [3.63, 3.8) is 0 Å². The summed E-state index contributed by atoms with van der Waals surface area (Å²) >= 11 is 0. The fraction of sp³-hybridized carbons (Fsp3) is 0.538. The highest BCUT2D eigenvalue weighted by atomic mass is 35.5. The molecule has 0 aromatic heterocycles. The number of nitrogens with zero attached hydrogens (tertiary/aromatic N) is 1. The van der Waals surface area contributed by atoms with E-state index in [0.717, 1.165) is 31.6 Å². The molecule has 0 saturated carbocycles. The van der Waals surface area contributed by atoms with Crippen LogP contribution in [-0.2, 0) is 6.54 Å². The van der Waals surface area contributed by atoms with Crippen LogP contribution in [0.15, 0.2) is 24.3 Å². The number of alkyl halides is 2. The van der Waals surface area contributed by atoms with Crippen LogP contribution in [0, 0.1) is 5.92 Å². The Bertz CT molecular complexity index is 374. The van der Waals surface area contributed by atoms with Gasteiger partial charge < -0.3 is 5.73 Å². The van der Waals surface area contributed by atoms with Gasteiger partial charge in [-0.05, 0) is 37.1 Å². The number of halogens is 3. The zero-order valence-corrected chi connectivity index (χ0v) is 11.0. The first kappa shape index (κ1) is 15.3. The molecule has 1 saturated heterocycles. The van der Waals surface area contributed by atoms with Gasteiger partial charge in [-0.3, -0.25) is 4.90 Å². The molecule has 0 aliphatic carbocycles. The average molecular weight is 277 g/mol. The zero-order chi connectivity index (χ0) is 12.3. The second kappa shape index (κ2) is 7.02. The topological polar surface area (TPSA) is 29.3 Å². The number of hydrogen-bond acceptors (Lipinski definition) is 2. The van der Waals surface area contributed by atoms with E-state index in [-0.39, 0.29) is 18.0 Å². The Morgan fingerprint density at radius 2 is 2.17 bits per heavy atom. The predicted molar refractivity (Wildman–Crippen MR) is 71.1 cm³/mol. The summed E-state index contributed by atoms with van der Waals surface area (Å²) in [7, 11) is 0. The van der Waals surface area contributed by atoms with E-state index in [4.69, 9.17) is 5.73 Å². The molecule has 0 radical (unpaired) electrons. The van der Waals surface area contributed by atoms with E-state index in [1.54, 1.807) is 12.1 Å². The van der Waals surface area contributed by atoms with Crippen molar-refractivity contribution in [3.8, 4) is 0 Å². The highest BCUT2D eigenvalue weighted by molar-refractivity contribution is 5.85. The first-order valence-corrected chi connectivity index (χ1v) is 5.98. The summed E-state index contributed by atoms with van der Waals surface area (Å²) < 4.78 is 25.1. The Balaban J connectivity index is 0.00000162. The lowest BCUT2D eigenvalue weighted by Crippen LogP contribution is -2.22. The molecule has 2 rings (SSSR count). The zero-order valence-electron chi connectivity index (χ0n) is 10.2. The van der Waals surface area contributed by atoms with Crippen LogP contribution in [0.3, 0.4) is 0 Å². The molecule has 0 spiro atoms. The van der Waals surface area contributed by atoms with Crippen molar-refractivity contribution in [2.45, 2.75) is 19.4 Å². The van der Waals surface area contributed by atoms with Crippen molar-refractivity contribution in [1.29, 1.82) is 0 Å². The van der Waals surface area contributed by atoms with Crippen LogP contribution in [0.25, 0.3) is 0 Å². The molecule has 1 aliphatic heterocycles. The van der Waals surface area contributed by atoms with Crippen LogP contribution in [-0.4, -0.2) is 24.5 Å². The summed E-state index contributed by atoms with van der Waals surface area (Å²) in [6.07, 6.45) is -1.27. The van der Waals surface area contributed by atoms with E-state index in [9.17, 15) is 8.78 Å². The fourth-order valence-electron chi connectivity index (χ4n) is 2.33. The van der Waals surface area contributed by atoms with E-state index in [2.05, 4.69) is 4.90 Å². The molecule has 102 valence electrons. The minimum absolute atomic E-state index is 0. The van der Waals surface area contributed by atoms with E-state index < -0.39 is 6.43 Å². The molecule has 1 aromatic carbocycles. The molecule has 2 nitrogen and oxygen atoms in total. The Labute approximate surface area is 113 Å². The van der Waals surface area contributed by atoms with Crippen LogP contribution < -0.4 is 5.73 Å². The first-order valence-electron chi connectivity index (χ1n) is 5.98. The molecule has 0 bridgehead atoms. The molecule has 0 amide bonds. The van der Waals surface area contributed by atoms with Gasteiger partial charge in [-0.1, -0.05) is 18.2 Å². The number of rotatable bonds is 4. The predicted octanol–water partition coefficient (Wildman–Crippen LogP) is 2.83. The number of benzene rings is 1. The SMILES string of the molecule is Cl.NCC1CCN(Cc2cccc(C(F)F)c2)C1. The van der Waals surface area contributed by atoms with Gasteiger partial charge in [-0.25, -0.2) is 8.78 Å². The number of nitrogens with two attached hydrogens (primary N) is 1. The van der Waals surface area contributed by atoms with E-state index >= 15 is 0 Å². The van der Waals surface area contributed by atoms with E-state index in [1.165, 1.54) is 6.07 Å². The monoisotopic (exact) mass is 276 g/mol. The van der Waals surface area contributed by atoms with Gasteiger partial charge >= 0.3 is 0 Å². The van der Waals surface area contributed by atoms with Crippen molar-refractivity contribution in [2.24, 2.45) is 11.7 Å². The van der Waals surface area contributed by atoms with Gasteiger partial charge in [0.1, 0.15) is 0 Å². The Kier molecular flexibility index (Phi) is 5.99. The van der Waals surface area contributed by atoms with Gasteiger partial charge in [0.25, 0.3) is 6.43 Å². The van der Waals surface area contributed by atoms with Gasteiger partial charge in [0, 0.05) is 18.7 Å². The van der Waals surface area contributed by atoms with Gasteiger partial charge in [-0.2, -0.15) is 0 Å². The summed E-state index contributed by atoms with van der Waals surface area (Å²) in [4.78, 5) is 2.28. The molecule has 5 heteroatoms. The van der Waals surface area contributed by atoms with Crippen molar-refractivity contribution in [3.05, 3.63) is 35.4 Å². The van der Waals surface area contributed by atoms with Crippen LogP contribution in [0.2, 0.25) is 0 Å². The third-order valence-corrected chi connectivity index (χ3v) is 3.31. The Hall–Kier alpha value is -0.710. The maximum atomic E-state index is 12.5. The minimum atomic E-state index is -2.38. The fourth-order valence-corrected chi connectivity index (χ4v) is 2.33. The molecular weight excluding hydrogens is 258 g/mol. The third kappa shape index (κ3) is 3.90. The Morgan fingerprint density at radius 1 is 1.39 bits per heavy atom. The third-order valence-electron chi connectivity index (χ3n) is 3.31. The normalized spacial score (nSPS) is 20.1. The lowest BCUT2D eigenvalue weighted by molar-refractivity contribution is 0.151. The maximum absolute atomic E-state index is 12.5. The van der Waals surface area contributed by atoms with Gasteiger partial charge in [0.05, 0.1) is 0 Å². The van der Waals surface area contributed by atoms with Crippen molar-refractivity contribution in [1.82, 2.24) is 4.90 Å². The van der Waals surface area contributed by atoms with Gasteiger partial charge in [0.15, 0.2) is 0 Å². The number of likely N-dealkylation sites (tertiary alicyclic amines) is 1. The summed E-state index contributed by atoms with van der Waals surface area (Å²) in [6.45, 7) is 3.46. The highest BCUT2D eigenvalue weighted by Gasteiger charge is 2.21. The largest absolute Gasteiger partial charge is 0.330 e. The quantitative estimate of drug-likeness (QED) is 0.916. The molecule has 1 aliphatic rings. The second-order valence-electron chi connectivity index (χ2n) is 4.67. The van der Waals surface area contributed by atoms with Crippen molar-refractivity contribution < 1.29 is 8.78 Å². The number of hydrogen-bond donors (Lipinski definition) is 1. The standard InChI is InChI=1S/C13H18F2N2.ClH/c14-13(15)12-3-1-2-10(6-12)8-17-5-4-11(7-16)9-17;/h1-3,6,11,13H,4-5,7-9,16H2;1H. The van der Waals surface area contributed by atoms with E-state index in [1.807, 2.05) is 6.07 Å². The van der Waals surface area contributed by atoms with Crippen LogP contribution in [0.1, 0.15) is 24.0 Å². The molecule has 1 atom stereocenters. The molecule has 1 aromatic rings. The molecule has 1 heterocycles. The van der Waals surface area contributed by atoms with Gasteiger partial charge in [0.2, 0.25) is 0 Å². The highest BCUT2D eigenvalue weighted by Crippen LogP contribution is 2.22. The summed E-state index contributed by atoms with van der Waals surface area (Å²) in [5.41, 5.74) is 6.69. The summed E-state index contributed by atoms with van der Waals surface area (Å²) in [6, 6.07) is 6.68. The van der Waals surface area contributed by atoms with E-state index in [0.29, 0.717) is 12.5 Å². The molecule has 18 heavy (non-hydrogen) atoms. The summed E-state index contributed by atoms with van der Waals surface area (Å²) in [5.74, 6) is 0.563. The molecule has 1 fully saturated rings. The van der Waals surface area contributed by atoms with Gasteiger partial charge in [-0.15, -0.1) is 12.4 Å². The maximum Gasteiger partial charge on any atom is 0.263 e. The van der Waals surface area contributed by atoms with Crippen LogP contribution in [0.4, 0.5) is 8.78 Å². The first-order chi connectivity index (χ1) is 8.19. The average Bonchev–Trinajstić information content (AvgIpc) is 2.77. The lowest BCUT2D eigenvalue weighted by Gasteiger charge is -2.16. The Morgan fingerprint density at radius 3 is 2.78 bits per heavy atom. The van der Waals surface area contributed by atoms with Crippen LogP contribution >= 0.6 is 12.4 Å².